The zero-order valence-corrected chi connectivity index (χ0v) is 17.6. The summed E-state index contributed by atoms with van der Waals surface area (Å²) < 4.78 is 34.4. The molecule has 0 spiro atoms. The van der Waals surface area contributed by atoms with Crippen LogP contribution in [0.15, 0.2) is 33.6 Å². The summed E-state index contributed by atoms with van der Waals surface area (Å²) in [5, 5.41) is 7.83. The van der Waals surface area contributed by atoms with Crippen molar-refractivity contribution in [1.29, 1.82) is 0 Å². The number of aromatic nitrogens is 3. The van der Waals surface area contributed by atoms with Crippen LogP contribution < -0.4 is 4.72 Å². The average Bonchev–Trinajstić information content (AvgIpc) is 3.23. The predicted molar refractivity (Wildman–Crippen MR) is 109 cm³/mol. The van der Waals surface area contributed by atoms with Crippen LogP contribution in [-0.2, 0) is 23.0 Å². The van der Waals surface area contributed by atoms with Crippen LogP contribution in [0.25, 0.3) is 11.5 Å². The van der Waals surface area contributed by atoms with Crippen molar-refractivity contribution < 1.29 is 12.8 Å². The maximum Gasteiger partial charge on any atom is 0.250 e. The Morgan fingerprint density at radius 3 is 2.62 bits per heavy atom. The average molecular weight is 416 g/mol. The highest BCUT2D eigenvalue weighted by Crippen LogP contribution is 2.32. The molecule has 2 aromatic heterocycles. The third-order valence-electron chi connectivity index (χ3n) is 5.26. The van der Waals surface area contributed by atoms with Gasteiger partial charge in [-0.05, 0) is 31.4 Å². The number of hydrogen-bond acceptors (Lipinski definition) is 6. The van der Waals surface area contributed by atoms with Crippen LogP contribution in [0.3, 0.4) is 0 Å². The summed E-state index contributed by atoms with van der Waals surface area (Å²) in [4.78, 5) is 5.52. The Balaban J connectivity index is 1.48. The van der Waals surface area contributed by atoms with Gasteiger partial charge in [0.15, 0.2) is 0 Å². The van der Waals surface area contributed by atoms with E-state index < -0.39 is 10.0 Å². The van der Waals surface area contributed by atoms with Gasteiger partial charge in [0.05, 0.1) is 5.56 Å². The first-order chi connectivity index (χ1) is 13.8. The molecule has 3 heterocycles. The minimum atomic E-state index is -3.74. The molecule has 0 fully saturated rings. The van der Waals surface area contributed by atoms with E-state index in [4.69, 9.17) is 4.42 Å². The molecule has 1 aliphatic heterocycles. The predicted octanol–water partition coefficient (Wildman–Crippen LogP) is 2.33. The summed E-state index contributed by atoms with van der Waals surface area (Å²) >= 11 is 0. The summed E-state index contributed by atoms with van der Waals surface area (Å²) in [6.45, 7) is 7.94. The van der Waals surface area contributed by atoms with E-state index >= 15 is 0 Å². The van der Waals surface area contributed by atoms with E-state index in [-0.39, 0.29) is 10.8 Å². The highest BCUT2D eigenvalue weighted by molar-refractivity contribution is 7.89. The second-order valence-electron chi connectivity index (χ2n) is 7.40. The summed E-state index contributed by atoms with van der Waals surface area (Å²) in [6.07, 6.45) is 0.986. The number of benzene rings is 1. The number of fused-ring (bicyclic) bond motifs is 1. The van der Waals surface area contributed by atoms with Gasteiger partial charge in [-0.15, -0.1) is 10.2 Å². The Labute approximate surface area is 170 Å². The molecule has 9 heteroatoms. The van der Waals surface area contributed by atoms with E-state index in [1.54, 1.807) is 20.8 Å². The van der Waals surface area contributed by atoms with Gasteiger partial charge in [-0.25, -0.2) is 13.1 Å². The Bertz CT molecular complexity index is 1130. The molecule has 4 rings (SSSR count). The maximum atomic E-state index is 13.1. The molecule has 0 bridgehead atoms. The summed E-state index contributed by atoms with van der Waals surface area (Å²) in [7, 11) is -3.74. The van der Waals surface area contributed by atoms with Gasteiger partial charge in [0.1, 0.15) is 4.90 Å². The number of sulfonamides is 1. The Kier molecular flexibility index (Phi) is 5.28. The summed E-state index contributed by atoms with van der Waals surface area (Å²) in [5.41, 5.74) is 4.35. The molecule has 3 aromatic rings. The van der Waals surface area contributed by atoms with Crippen molar-refractivity contribution in [2.24, 2.45) is 0 Å². The standard InChI is InChI=1S/C20H25N5O3S/c1-13-18(20-24-23-15(3)28-20)19(14(2)22-13)29(26,27)21-9-11-25-10-8-16-6-4-5-7-17(16)12-25/h4-7,21-22H,8-12H2,1-3H3. The number of nitrogens with one attached hydrogen (secondary N) is 2. The van der Waals surface area contributed by atoms with Crippen molar-refractivity contribution >= 4 is 10.0 Å². The molecule has 0 radical (unpaired) electrons. The van der Waals surface area contributed by atoms with Crippen molar-refractivity contribution in [3.8, 4) is 11.5 Å². The molecule has 2 N–H and O–H groups in total. The van der Waals surface area contributed by atoms with Gasteiger partial charge in [0.2, 0.25) is 15.9 Å². The van der Waals surface area contributed by atoms with Gasteiger partial charge < -0.3 is 9.40 Å². The van der Waals surface area contributed by atoms with Gasteiger partial charge in [-0.1, -0.05) is 24.3 Å². The highest BCUT2D eigenvalue weighted by atomic mass is 32.2. The Morgan fingerprint density at radius 2 is 1.90 bits per heavy atom. The van der Waals surface area contributed by atoms with E-state index in [0.717, 1.165) is 19.5 Å². The lowest BCUT2D eigenvalue weighted by Crippen LogP contribution is -2.38. The van der Waals surface area contributed by atoms with E-state index in [9.17, 15) is 8.42 Å². The zero-order chi connectivity index (χ0) is 20.6. The topological polar surface area (TPSA) is 104 Å². The van der Waals surface area contributed by atoms with Gasteiger partial charge in [0, 0.05) is 44.5 Å². The third kappa shape index (κ3) is 3.98. The molecule has 0 amide bonds. The second-order valence-corrected chi connectivity index (χ2v) is 9.10. The molecule has 29 heavy (non-hydrogen) atoms. The monoisotopic (exact) mass is 415 g/mol. The van der Waals surface area contributed by atoms with Gasteiger partial charge in [0.25, 0.3) is 5.89 Å². The summed E-state index contributed by atoms with van der Waals surface area (Å²) in [6, 6.07) is 8.40. The molecule has 0 unspecified atom stereocenters. The van der Waals surface area contributed by atoms with Gasteiger partial charge in [-0.3, -0.25) is 4.90 Å². The van der Waals surface area contributed by atoms with Crippen molar-refractivity contribution in [2.45, 2.75) is 38.6 Å². The van der Waals surface area contributed by atoms with E-state index in [1.165, 1.54) is 11.1 Å². The zero-order valence-electron chi connectivity index (χ0n) is 16.8. The van der Waals surface area contributed by atoms with E-state index in [1.807, 2.05) is 6.07 Å². The number of nitrogens with zero attached hydrogens (tertiary/aromatic N) is 3. The van der Waals surface area contributed by atoms with Crippen LogP contribution in [-0.4, -0.2) is 48.1 Å². The third-order valence-corrected chi connectivity index (χ3v) is 6.89. The Hall–Kier alpha value is -2.49. The van der Waals surface area contributed by atoms with Gasteiger partial charge >= 0.3 is 0 Å². The van der Waals surface area contributed by atoms with Crippen LogP contribution >= 0.6 is 0 Å². The van der Waals surface area contributed by atoms with Crippen molar-refractivity contribution in [3.63, 3.8) is 0 Å². The lowest BCUT2D eigenvalue weighted by atomic mass is 10.0. The minimum Gasteiger partial charge on any atom is -0.421 e. The van der Waals surface area contributed by atoms with Crippen LogP contribution in [0.2, 0.25) is 0 Å². The number of aromatic amines is 1. The number of rotatable bonds is 6. The first kappa shape index (κ1) is 19.8. The van der Waals surface area contributed by atoms with Crippen LogP contribution in [0.1, 0.15) is 28.4 Å². The molecule has 0 atom stereocenters. The van der Waals surface area contributed by atoms with Gasteiger partial charge in [-0.2, -0.15) is 0 Å². The maximum absolute atomic E-state index is 13.1. The molecule has 0 aliphatic carbocycles. The molecule has 0 saturated heterocycles. The quantitative estimate of drug-likeness (QED) is 0.640. The molecular weight excluding hydrogens is 390 g/mol. The van der Waals surface area contributed by atoms with Crippen molar-refractivity contribution in [2.75, 3.05) is 19.6 Å². The normalized spacial score (nSPS) is 14.9. The van der Waals surface area contributed by atoms with Crippen LogP contribution in [0, 0.1) is 20.8 Å². The smallest absolute Gasteiger partial charge is 0.250 e. The molecule has 0 saturated carbocycles. The minimum absolute atomic E-state index is 0.169. The Morgan fingerprint density at radius 1 is 1.14 bits per heavy atom. The molecule has 154 valence electrons. The van der Waals surface area contributed by atoms with E-state index in [2.05, 4.69) is 43.0 Å². The lowest BCUT2D eigenvalue weighted by Gasteiger charge is -2.28. The second kappa shape index (κ2) is 7.74. The van der Waals surface area contributed by atoms with E-state index in [0.29, 0.717) is 35.9 Å². The fourth-order valence-corrected chi connectivity index (χ4v) is 5.37. The lowest BCUT2D eigenvalue weighted by molar-refractivity contribution is 0.258. The summed E-state index contributed by atoms with van der Waals surface area (Å²) in [5.74, 6) is 0.595. The highest BCUT2D eigenvalue weighted by Gasteiger charge is 2.28. The fraction of sp³-hybridized carbons (Fsp3) is 0.400. The molecule has 8 nitrogen and oxygen atoms in total. The first-order valence-corrected chi connectivity index (χ1v) is 11.1. The molecular formula is C20H25N5O3S. The largest absolute Gasteiger partial charge is 0.421 e. The van der Waals surface area contributed by atoms with Crippen molar-refractivity contribution in [1.82, 2.24) is 24.8 Å². The number of H-pyrrole nitrogens is 1. The fourth-order valence-electron chi connectivity index (χ4n) is 3.90. The number of hydrogen-bond donors (Lipinski definition) is 2. The van der Waals surface area contributed by atoms with Crippen molar-refractivity contribution in [3.05, 3.63) is 52.7 Å². The molecule has 1 aromatic carbocycles. The molecule has 1 aliphatic rings. The van der Waals surface area contributed by atoms with Crippen LogP contribution in [0.5, 0.6) is 0 Å². The SMILES string of the molecule is Cc1nnc(-c2c(C)[nH]c(C)c2S(=O)(=O)NCCN2CCc3ccccc3C2)o1. The first-order valence-electron chi connectivity index (χ1n) is 9.63. The number of aryl methyl sites for hydroxylation is 3. The van der Waals surface area contributed by atoms with Crippen LogP contribution in [0.4, 0.5) is 0 Å².